The van der Waals surface area contributed by atoms with Crippen LogP contribution in [0.4, 0.5) is 5.13 Å². The Morgan fingerprint density at radius 1 is 1.50 bits per heavy atom. The van der Waals surface area contributed by atoms with Crippen LogP contribution in [-0.2, 0) is 16.1 Å². The van der Waals surface area contributed by atoms with Gasteiger partial charge in [0.1, 0.15) is 5.54 Å². The molecule has 0 aliphatic heterocycles. The van der Waals surface area contributed by atoms with Crippen molar-refractivity contribution in [3.8, 4) is 0 Å². The maximum atomic E-state index is 11.4. The number of rotatable bonds is 7. The van der Waals surface area contributed by atoms with Crippen LogP contribution in [0.15, 0.2) is 5.38 Å². The Hall–Kier alpha value is -1.47. The molecule has 20 heavy (non-hydrogen) atoms. The highest BCUT2D eigenvalue weighted by Crippen LogP contribution is 2.21. The van der Waals surface area contributed by atoms with E-state index >= 15 is 0 Å². The normalized spacial score (nSPS) is 13.8. The maximum Gasteiger partial charge on any atom is 0.323 e. The van der Waals surface area contributed by atoms with Gasteiger partial charge in [-0.3, -0.25) is 19.8 Å². The summed E-state index contributed by atoms with van der Waals surface area (Å²) in [7, 11) is 0. The van der Waals surface area contributed by atoms with Gasteiger partial charge in [-0.1, -0.05) is 6.92 Å². The summed E-state index contributed by atoms with van der Waals surface area (Å²) in [6.45, 7) is 7.79. The highest BCUT2D eigenvalue weighted by molar-refractivity contribution is 7.14. The third-order valence-corrected chi connectivity index (χ3v) is 4.22. The van der Waals surface area contributed by atoms with Crippen molar-refractivity contribution < 1.29 is 14.7 Å². The van der Waals surface area contributed by atoms with Gasteiger partial charge >= 0.3 is 5.97 Å². The Kier molecular flexibility index (Phi) is 5.64. The summed E-state index contributed by atoms with van der Waals surface area (Å²) in [4.78, 5) is 28.6. The second-order valence-corrected chi connectivity index (χ2v) is 5.57. The minimum Gasteiger partial charge on any atom is -0.480 e. The van der Waals surface area contributed by atoms with E-state index in [4.69, 9.17) is 0 Å². The number of aliphatic carboxylic acids is 1. The molecule has 6 nitrogen and oxygen atoms in total. The first-order valence-electron chi connectivity index (χ1n) is 6.55. The number of nitrogens with zero attached hydrogens (tertiary/aromatic N) is 2. The summed E-state index contributed by atoms with van der Waals surface area (Å²) in [6, 6.07) is 0. The number of carbonyl (C=O) groups excluding carboxylic acids is 1. The summed E-state index contributed by atoms with van der Waals surface area (Å²) < 4.78 is 0. The summed E-state index contributed by atoms with van der Waals surface area (Å²) in [5.74, 6) is -0.931. The van der Waals surface area contributed by atoms with Gasteiger partial charge in [0.2, 0.25) is 5.91 Å². The van der Waals surface area contributed by atoms with Crippen molar-refractivity contribution in [3.05, 3.63) is 11.1 Å². The topological polar surface area (TPSA) is 82.5 Å². The lowest BCUT2D eigenvalue weighted by Crippen LogP contribution is -2.48. The van der Waals surface area contributed by atoms with E-state index in [0.29, 0.717) is 24.6 Å². The molecule has 2 N–H and O–H groups in total. The first-order chi connectivity index (χ1) is 9.34. The Balaban J connectivity index is 2.74. The molecule has 1 atom stereocenters. The Bertz CT molecular complexity index is 489. The summed E-state index contributed by atoms with van der Waals surface area (Å²) in [5.41, 5.74) is -0.222. The molecule has 1 aromatic heterocycles. The number of nitrogens with one attached hydrogen (secondary N) is 1. The van der Waals surface area contributed by atoms with Crippen LogP contribution in [0.1, 0.15) is 39.8 Å². The molecule has 1 heterocycles. The number of hydrogen-bond donors (Lipinski definition) is 2. The smallest absolute Gasteiger partial charge is 0.323 e. The van der Waals surface area contributed by atoms with Crippen molar-refractivity contribution in [2.45, 2.75) is 46.2 Å². The van der Waals surface area contributed by atoms with Crippen LogP contribution in [0, 0.1) is 0 Å². The maximum absolute atomic E-state index is 11.4. The van der Waals surface area contributed by atoms with E-state index in [-0.39, 0.29) is 5.91 Å². The van der Waals surface area contributed by atoms with E-state index in [1.54, 1.807) is 11.8 Å². The van der Waals surface area contributed by atoms with Crippen LogP contribution in [0.5, 0.6) is 0 Å². The molecular formula is C13H21N3O3S. The van der Waals surface area contributed by atoms with Crippen LogP contribution in [0.3, 0.4) is 0 Å². The molecule has 0 saturated heterocycles. The molecular weight excluding hydrogens is 278 g/mol. The van der Waals surface area contributed by atoms with Gasteiger partial charge in [-0.05, 0) is 20.3 Å². The van der Waals surface area contributed by atoms with Crippen LogP contribution >= 0.6 is 11.3 Å². The van der Waals surface area contributed by atoms with E-state index in [2.05, 4.69) is 10.3 Å². The van der Waals surface area contributed by atoms with Gasteiger partial charge in [0.15, 0.2) is 5.13 Å². The van der Waals surface area contributed by atoms with Crippen molar-refractivity contribution in [3.63, 3.8) is 0 Å². The Morgan fingerprint density at radius 3 is 2.60 bits per heavy atom. The highest BCUT2D eigenvalue weighted by atomic mass is 32.1. The molecule has 112 valence electrons. The molecule has 0 fully saturated rings. The number of carboxylic acids is 1. The molecule has 0 aliphatic carbocycles. The molecule has 7 heteroatoms. The number of carboxylic acid groups (broad SMARTS) is 1. The predicted molar refractivity (Wildman–Crippen MR) is 79.0 cm³/mol. The molecule has 0 aromatic carbocycles. The third-order valence-electron chi connectivity index (χ3n) is 3.31. The molecule has 0 spiro atoms. The largest absolute Gasteiger partial charge is 0.480 e. The molecule has 1 aromatic rings. The Labute approximate surface area is 122 Å². The minimum atomic E-state index is -0.963. The van der Waals surface area contributed by atoms with Gasteiger partial charge in [0, 0.05) is 25.4 Å². The van der Waals surface area contributed by atoms with Gasteiger partial charge in [-0.2, -0.15) is 0 Å². The van der Waals surface area contributed by atoms with Crippen molar-refractivity contribution in [1.29, 1.82) is 0 Å². The number of carbonyl (C=O) groups is 2. The average molecular weight is 299 g/mol. The van der Waals surface area contributed by atoms with Crippen molar-refractivity contribution in [2.75, 3.05) is 11.4 Å². The number of hydrogen-bond acceptors (Lipinski definition) is 5. The minimum absolute atomic E-state index is 0.0507. The monoisotopic (exact) mass is 299 g/mol. The Morgan fingerprint density at radius 2 is 2.15 bits per heavy atom. The molecule has 0 radical (unpaired) electrons. The average Bonchev–Trinajstić information content (AvgIpc) is 2.84. The lowest BCUT2D eigenvalue weighted by molar-refractivity contribution is -0.144. The van der Waals surface area contributed by atoms with E-state index in [1.807, 2.05) is 19.2 Å². The van der Waals surface area contributed by atoms with E-state index < -0.39 is 11.5 Å². The number of amides is 1. The molecule has 0 saturated carbocycles. The van der Waals surface area contributed by atoms with Crippen LogP contribution in [0.25, 0.3) is 0 Å². The van der Waals surface area contributed by atoms with Gasteiger partial charge in [-0.15, -0.1) is 11.3 Å². The van der Waals surface area contributed by atoms with Crippen molar-refractivity contribution in [1.82, 2.24) is 10.3 Å². The molecule has 1 rings (SSSR count). The lowest BCUT2D eigenvalue weighted by atomic mass is 9.99. The number of aromatic nitrogens is 1. The second-order valence-electron chi connectivity index (χ2n) is 4.73. The van der Waals surface area contributed by atoms with Crippen LogP contribution in [-0.4, -0.2) is 34.1 Å². The quantitative estimate of drug-likeness (QED) is 0.803. The fourth-order valence-electron chi connectivity index (χ4n) is 1.63. The standard InChI is InChI=1S/C13H21N3O3S/c1-5-13(4,11(18)19)14-7-10-8-20-12(15-10)16(6-2)9(3)17/h8,14H,5-7H2,1-4H3,(H,18,19). The molecule has 1 unspecified atom stereocenters. The zero-order valence-corrected chi connectivity index (χ0v) is 13.1. The summed E-state index contributed by atoms with van der Waals surface area (Å²) in [5, 5.41) is 14.7. The molecule has 1 amide bonds. The molecule has 0 aliphatic rings. The summed E-state index contributed by atoms with van der Waals surface area (Å²) >= 11 is 1.38. The first kappa shape index (κ1) is 16.6. The third kappa shape index (κ3) is 3.77. The van der Waals surface area contributed by atoms with E-state index in [0.717, 1.165) is 5.69 Å². The first-order valence-corrected chi connectivity index (χ1v) is 7.43. The molecule has 0 bridgehead atoms. The fraction of sp³-hybridized carbons (Fsp3) is 0.615. The second kappa shape index (κ2) is 6.81. The fourth-order valence-corrected chi connectivity index (χ4v) is 2.56. The number of thiazole rings is 1. The van der Waals surface area contributed by atoms with Gasteiger partial charge in [-0.25, -0.2) is 4.98 Å². The predicted octanol–water partition coefficient (Wildman–Crippen LogP) is 1.86. The lowest BCUT2D eigenvalue weighted by Gasteiger charge is -2.24. The van der Waals surface area contributed by atoms with Gasteiger partial charge in [0.25, 0.3) is 0 Å². The van der Waals surface area contributed by atoms with Gasteiger partial charge in [0.05, 0.1) is 5.69 Å². The van der Waals surface area contributed by atoms with E-state index in [9.17, 15) is 14.7 Å². The number of anilines is 1. The van der Waals surface area contributed by atoms with Crippen LogP contribution < -0.4 is 10.2 Å². The van der Waals surface area contributed by atoms with Gasteiger partial charge < -0.3 is 5.11 Å². The zero-order valence-electron chi connectivity index (χ0n) is 12.3. The highest BCUT2D eigenvalue weighted by Gasteiger charge is 2.30. The van der Waals surface area contributed by atoms with Crippen LogP contribution in [0.2, 0.25) is 0 Å². The van der Waals surface area contributed by atoms with Crippen molar-refractivity contribution >= 4 is 28.3 Å². The van der Waals surface area contributed by atoms with E-state index in [1.165, 1.54) is 18.3 Å². The summed E-state index contributed by atoms with van der Waals surface area (Å²) in [6.07, 6.45) is 0.480. The zero-order chi connectivity index (χ0) is 15.3. The SMILES string of the molecule is CCN(C(C)=O)c1nc(CNC(C)(CC)C(=O)O)cs1. The van der Waals surface area contributed by atoms with Crippen molar-refractivity contribution in [2.24, 2.45) is 0 Å².